The zero-order chi connectivity index (χ0) is 12.5. The third-order valence-corrected chi connectivity index (χ3v) is 4.02. The molecule has 1 amide bonds. The Hall–Kier alpha value is -1.89. The van der Waals surface area contributed by atoms with E-state index >= 15 is 0 Å². The van der Waals surface area contributed by atoms with Crippen LogP contribution in [0, 0.1) is 23.2 Å². The fourth-order valence-corrected chi connectivity index (χ4v) is 3.14. The highest BCUT2D eigenvalue weighted by molar-refractivity contribution is 5.94. The first-order chi connectivity index (χ1) is 8.76. The number of carbonyl (C=O) groups is 1. The zero-order valence-electron chi connectivity index (χ0n) is 10.2. The summed E-state index contributed by atoms with van der Waals surface area (Å²) in [4.78, 5) is 18.2. The highest BCUT2D eigenvalue weighted by Gasteiger charge is 2.35. The molecule has 2 fully saturated rings. The molecule has 4 heteroatoms. The van der Waals surface area contributed by atoms with Crippen LogP contribution < -0.4 is 0 Å². The lowest BCUT2D eigenvalue weighted by atomic mass is 9.98. The maximum absolute atomic E-state index is 12.3. The smallest absolute Gasteiger partial charge is 0.255 e. The van der Waals surface area contributed by atoms with Gasteiger partial charge >= 0.3 is 0 Å². The molecule has 18 heavy (non-hydrogen) atoms. The summed E-state index contributed by atoms with van der Waals surface area (Å²) in [6.07, 6.45) is 5.33. The molecule has 1 aliphatic heterocycles. The molecule has 1 saturated heterocycles. The molecule has 92 valence electrons. The van der Waals surface area contributed by atoms with Crippen molar-refractivity contribution in [2.45, 2.75) is 19.3 Å². The first kappa shape index (κ1) is 11.2. The molecule has 1 aromatic heterocycles. The summed E-state index contributed by atoms with van der Waals surface area (Å²) in [6.45, 7) is 1.77. The number of hydrogen-bond donors (Lipinski definition) is 0. The van der Waals surface area contributed by atoms with Gasteiger partial charge in [-0.25, -0.2) is 4.98 Å². The molecule has 1 saturated carbocycles. The molecule has 2 aliphatic rings. The summed E-state index contributed by atoms with van der Waals surface area (Å²) in [5.41, 5.74) is 0.945. The van der Waals surface area contributed by atoms with Crippen LogP contribution in [0.2, 0.25) is 0 Å². The highest BCUT2D eigenvalue weighted by atomic mass is 16.2. The number of amides is 1. The van der Waals surface area contributed by atoms with Gasteiger partial charge in [-0.3, -0.25) is 4.79 Å². The van der Waals surface area contributed by atoms with Gasteiger partial charge < -0.3 is 4.90 Å². The average Bonchev–Trinajstić information content (AvgIpc) is 2.77. The van der Waals surface area contributed by atoms with E-state index < -0.39 is 0 Å². The Kier molecular flexibility index (Phi) is 2.75. The number of piperidine rings is 1. The van der Waals surface area contributed by atoms with Crippen LogP contribution in [0.5, 0.6) is 0 Å². The molecule has 0 radical (unpaired) electrons. The summed E-state index contributed by atoms with van der Waals surface area (Å²) < 4.78 is 0. The van der Waals surface area contributed by atoms with Crippen LogP contribution in [0.15, 0.2) is 18.3 Å². The van der Waals surface area contributed by atoms with Crippen LogP contribution in [0.4, 0.5) is 0 Å². The number of pyridine rings is 1. The van der Waals surface area contributed by atoms with Crippen molar-refractivity contribution in [3.8, 4) is 6.07 Å². The van der Waals surface area contributed by atoms with Crippen molar-refractivity contribution in [2.24, 2.45) is 11.8 Å². The SMILES string of the molecule is N#Cc1ccc(C(=O)N2C[C@@H]3CC[C@@H](C3)C2)cn1. The topological polar surface area (TPSA) is 57.0 Å². The molecule has 4 nitrogen and oxygen atoms in total. The molecular formula is C14H15N3O. The summed E-state index contributed by atoms with van der Waals surface area (Å²) in [5.74, 6) is 1.45. The largest absolute Gasteiger partial charge is 0.338 e. The molecule has 0 spiro atoms. The molecular weight excluding hydrogens is 226 g/mol. The second-order valence-corrected chi connectivity index (χ2v) is 5.30. The van der Waals surface area contributed by atoms with Crippen molar-refractivity contribution >= 4 is 5.91 Å². The molecule has 2 bridgehead atoms. The van der Waals surface area contributed by atoms with E-state index in [1.807, 2.05) is 11.0 Å². The molecule has 0 unspecified atom stereocenters. The minimum absolute atomic E-state index is 0.0589. The van der Waals surface area contributed by atoms with Gasteiger partial charge in [0.05, 0.1) is 5.56 Å². The van der Waals surface area contributed by atoms with E-state index in [9.17, 15) is 4.79 Å². The van der Waals surface area contributed by atoms with Gasteiger partial charge in [-0.2, -0.15) is 5.26 Å². The van der Waals surface area contributed by atoms with Gasteiger partial charge in [0.25, 0.3) is 5.91 Å². The number of fused-ring (bicyclic) bond motifs is 2. The Morgan fingerprint density at radius 1 is 1.33 bits per heavy atom. The van der Waals surface area contributed by atoms with Crippen LogP contribution in [-0.4, -0.2) is 28.9 Å². The van der Waals surface area contributed by atoms with Gasteiger partial charge in [-0.1, -0.05) is 0 Å². The van der Waals surface area contributed by atoms with Crippen molar-refractivity contribution < 1.29 is 4.79 Å². The van der Waals surface area contributed by atoms with Crippen LogP contribution in [0.3, 0.4) is 0 Å². The summed E-state index contributed by atoms with van der Waals surface area (Å²) in [7, 11) is 0. The fraction of sp³-hybridized carbons (Fsp3) is 0.500. The van der Waals surface area contributed by atoms with Gasteiger partial charge in [0.1, 0.15) is 11.8 Å². The standard InChI is InChI=1S/C14H15N3O/c15-6-13-4-3-12(7-16-13)14(18)17-8-10-1-2-11(5-10)9-17/h3-4,7,10-11H,1-2,5,8-9H2/t10-,11+. The predicted octanol–water partition coefficient (Wildman–Crippen LogP) is 1.83. The van der Waals surface area contributed by atoms with Crippen molar-refractivity contribution in [1.82, 2.24) is 9.88 Å². The second-order valence-electron chi connectivity index (χ2n) is 5.30. The zero-order valence-corrected chi connectivity index (χ0v) is 10.2. The minimum atomic E-state index is 0.0589. The van der Waals surface area contributed by atoms with Crippen LogP contribution in [-0.2, 0) is 0 Å². The average molecular weight is 241 g/mol. The van der Waals surface area contributed by atoms with Gasteiger partial charge in [0.2, 0.25) is 0 Å². The minimum Gasteiger partial charge on any atom is -0.338 e. The summed E-state index contributed by atoms with van der Waals surface area (Å²) >= 11 is 0. The third kappa shape index (κ3) is 1.97. The lowest BCUT2D eigenvalue weighted by Crippen LogP contribution is -2.40. The van der Waals surface area contributed by atoms with E-state index in [1.165, 1.54) is 25.5 Å². The maximum atomic E-state index is 12.3. The molecule has 0 N–H and O–H groups in total. The van der Waals surface area contributed by atoms with E-state index in [0.717, 1.165) is 13.1 Å². The fourth-order valence-electron chi connectivity index (χ4n) is 3.14. The van der Waals surface area contributed by atoms with Crippen molar-refractivity contribution in [2.75, 3.05) is 13.1 Å². The second kappa shape index (κ2) is 4.41. The number of carbonyl (C=O) groups excluding carboxylic acids is 1. The number of hydrogen-bond acceptors (Lipinski definition) is 3. The Balaban J connectivity index is 1.76. The molecule has 1 aromatic rings. The lowest BCUT2D eigenvalue weighted by Gasteiger charge is -2.31. The predicted molar refractivity (Wildman–Crippen MR) is 65.7 cm³/mol. The summed E-state index contributed by atoms with van der Waals surface area (Å²) in [5, 5.41) is 8.69. The Morgan fingerprint density at radius 2 is 2.06 bits per heavy atom. The normalized spacial score (nSPS) is 25.8. The van der Waals surface area contributed by atoms with E-state index in [2.05, 4.69) is 4.98 Å². The molecule has 0 aromatic carbocycles. The van der Waals surface area contributed by atoms with E-state index in [4.69, 9.17) is 5.26 Å². The van der Waals surface area contributed by atoms with Crippen molar-refractivity contribution in [1.29, 1.82) is 5.26 Å². The maximum Gasteiger partial charge on any atom is 0.255 e. The van der Waals surface area contributed by atoms with E-state index in [-0.39, 0.29) is 5.91 Å². The first-order valence-corrected chi connectivity index (χ1v) is 6.41. The van der Waals surface area contributed by atoms with E-state index in [1.54, 1.807) is 12.1 Å². The lowest BCUT2D eigenvalue weighted by molar-refractivity contribution is 0.0661. The number of rotatable bonds is 1. The monoisotopic (exact) mass is 241 g/mol. The first-order valence-electron chi connectivity index (χ1n) is 6.41. The van der Waals surface area contributed by atoms with Gasteiger partial charge in [-0.15, -0.1) is 0 Å². The molecule has 1 aliphatic carbocycles. The number of likely N-dealkylation sites (tertiary alicyclic amines) is 1. The molecule has 2 heterocycles. The molecule has 2 atom stereocenters. The molecule has 3 rings (SSSR count). The Bertz CT molecular complexity index is 491. The Morgan fingerprint density at radius 3 is 2.61 bits per heavy atom. The van der Waals surface area contributed by atoms with E-state index in [0.29, 0.717) is 23.1 Å². The van der Waals surface area contributed by atoms with Crippen LogP contribution in [0.1, 0.15) is 35.3 Å². The van der Waals surface area contributed by atoms with Gasteiger partial charge in [0.15, 0.2) is 0 Å². The quantitative estimate of drug-likeness (QED) is 0.753. The van der Waals surface area contributed by atoms with Crippen LogP contribution >= 0.6 is 0 Å². The third-order valence-electron chi connectivity index (χ3n) is 4.02. The number of nitrogens with zero attached hydrogens (tertiary/aromatic N) is 3. The van der Waals surface area contributed by atoms with Crippen molar-refractivity contribution in [3.05, 3.63) is 29.6 Å². The highest BCUT2D eigenvalue weighted by Crippen LogP contribution is 2.36. The van der Waals surface area contributed by atoms with Crippen LogP contribution in [0.25, 0.3) is 0 Å². The van der Waals surface area contributed by atoms with Gasteiger partial charge in [-0.05, 0) is 43.2 Å². The number of aromatic nitrogens is 1. The summed E-state index contributed by atoms with van der Waals surface area (Å²) in [6, 6.07) is 5.26. The number of nitriles is 1. The van der Waals surface area contributed by atoms with Crippen molar-refractivity contribution in [3.63, 3.8) is 0 Å². The Labute approximate surface area is 106 Å². The van der Waals surface area contributed by atoms with Gasteiger partial charge in [0, 0.05) is 19.3 Å².